The summed E-state index contributed by atoms with van der Waals surface area (Å²) in [7, 11) is 0. The topological polar surface area (TPSA) is 81.0 Å². The third-order valence-electron chi connectivity index (χ3n) is 2.34. The molecular formula is C11H8ClFN4O2. The van der Waals surface area contributed by atoms with Gasteiger partial charge in [-0.2, -0.15) is 0 Å². The predicted molar refractivity (Wildman–Crippen MR) is 68.1 cm³/mol. The van der Waals surface area contributed by atoms with Gasteiger partial charge in [-0.25, -0.2) is 14.4 Å². The highest BCUT2D eigenvalue weighted by Gasteiger charge is 2.22. The highest BCUT2D eigenvalue weighted by Crippen LogP contribution is 2.31. The lowest BCUT2D eigenvalue weighted by atomic mass is 10.2. The van der Waals surface area contributed by atoms with Crippen LogP contribution in [0.5, 0.6) is 0 Å². The molecule has 0 fully saturated rings. The van der Waals surface area contributed by atoms with Gasteiger partial charge in [0.15, 0.2) is 0 Å². The zero-order valence-corrected chi connectivity index (χ0v) is 10.5. The van der Waals surface area contributed by atoms with E-state index >= 15 is 0 Å². The van der Waals surface area contributed by atoms with Crippen LogP contribution in [0, 0.1) is 22.9 Å². The summed E-state index contributed by atoms with van der Waals surface area (Å²) >= 11 is 5.64. The monoisotopic (exact) mass is 282 g/mol. The van der Waals surface area contributed by atoms with Crippen molar-refractivity contribution in [3.8, 4) is 0 Å². The van der Waals surface area contributed by atoms with E-state index in [0.717, 1.165) is 11.9 Å². The number of benzene rings is 1. The Morgan fingerprint density at radius 3 is 2.84 bits per heavy atom. The van der Waals surface area contributed by atoms with Crippen LogP contribution in [-0.2, 0) is 0 Å². The number of nitro groups is 1. The van der Waals surface area contributed by atoms with Crippen LogP contribution in [0.4, 0.5) is 21.6 Å². The molecule has 0 saturated carbocycles. The minimum absolute atomic E-state index is 0.0814. The molecule has 98 valence electrons. The zero-order valence-electron chi connectivity index (χ0n) is 9.72. The number of anilines is 2. The molecule has 0 radical (unpaired) electrons. The van der Waals surface area contributed by atoms with Crippen LogP contribution in [0.2, 0.25) is 5.15 Å². The van der Waals surface area contributed by atoms with Crippen molar-refractivity contribution < 1.29 is 9.31 Å². The van der Waals surface area contributed by atoms with Gasteiger partial charge in [-0.05, 0) is 24.6 Å². The van der Waals surface area contributed by atoms with Gasteiger partial charge in [0.2, 0.25) is 11.0 Å². The fraction of sp³-hybridized carbons (Fsp3) is 0.0909. The van der Waals surface area contributed by atoms with Crippen LogP contribution >= 0.6 is 11.6 Å². The number of nitrogens with zero attached hydrogens (tertiary/aromatic N) is 3. The molecule has 0 aliphatic heterocycles. The normalized spacial score (nSPS) is 10.3. The average Bonchev–Trinajstić information content (AvgIpc) is 2.33. The van der Waals surface area contributed by atoms with Crippen molar-refractivity contribution in [3.05, 3.63) is 51.2 Å². The molecule has 8 heteroatoms. The van der Waals surface area contributed by atoms with Crippen molar-refractivity contribution in [3.63, 3.8) is 0 Å². The summed E-state index contributed by atoms with van der Waals surface area (Å²) in [5.41, 5.74) is 0.384. The average molecular weight is 283 g/mol. The molecule has 0 aliphatic carbocycles. The van der Waals surface area contributed by atoms with Crippen molar-refractivity contribution in [1.29, 1.82) is 0 Å². The molecule has 1 heterocycles. The molecule has 2 aromatic rings. The number of hydrogen-bond acceptors (Lipinski definition) is 5. The van der Waals surface area contributed by atoms with E-state index in [1.807, 2.05) is 0 Å². The minimum atomic E-state index is -0.724. The molecule has 0 atom stereocenters. The van der Waals surface area contributed by atoms with Crippen molar-refractivity contribution in [2.75, 3.05) is 5.32 Å². The van der Waals surface area contributed by atoms with Gasteiger partial charge >= 0.3 is 5.69 Å². The number of aryl methyl sites for hydroxylation is 1. The van der Waals surface area contributed by atoms with Gasteiger partial charge in [-0.3, -0.25) is 10.1 Å². The fourth-order valence-corrected chi connectivity index (χ4v) is 1.68. The van der Waals surface area contributed by atoms with E-state index in [2.05, 4.69) is 15.3 Å². The second-order valence-electron chi connectivity index (χ2n) is 3.73. The smallest absolute Gasteiger partial charge is 0.332 e. The van der Waals surface area contributed by atoms with E-state index in [1.165, 1.54) is 12.1 Å². The fourth-order valence-electron chi connectivity index (χ4n) is 1.47. The lowest BCUT2D eigenvalue weighted by Crippen LogP contribution is -2.03. The molecular weight excluding hydrogens is 275 g/mol. The molecule has 0 aliphatic rings. The molecule has 0 saturated heterocycles. The Balaban J connectivity index is 2.46. The number of halogens is 2. The zero-order chi connectivity index (χ0) is 14.0. The summed E-state index contributed by atoms with van der Waals surface area (Å²) in [6.07, 6.45) is 1.06. The lowest BCUT2D eigenvalue weighted by Gasteiger charge is -2.08. The molecule has 6 nitrogen and oxygen atoms in total. The second kappa shape index (κ2) is 5.15. The van der Waals surface area contributed by atoms with Crippen molar-refractivity contribution in [2.45, 2.75) is 6.92 Å². The molecule has 19 heavy (non-hydrogen) atoms. The number of hydrogen-bond donors (Lipinski definition) is 1. The standard InChI is InChI=1S/C11H8ClFN4O2/c1-6-2-3-7(13)8(4-6)16-11-9(17(18)19)10(12)14-5-15-11/h2-5H,1H3,(H,14,15,16). The number of nitrogens with one attached hydrogen (secondary N) is 1. The van der Waals surface area contributed by atoms with Crippen LogP contribution in [0.15, 0.2) is 24.5 Å². The Hall–Kier alpha value is -2.28. The third kappa shape index (κ3) is 2.76. The first-order valence-corrected chi connectivity index (χ1v) is 5.55. The molecule has 0 bridgehead atoms. The van der Waals surface area contributed by atoms with E-state index in [0.29, 0.717) is 0 Å². The quantitative estimate of drug-likeness (QED) is 0.531. The Morgan fingerprint density at radius 2 is 2.16 bits per heavy atom. The van der Waals surface area contributed by atoms with Gasteiger partial charge in [-0.15, -0.1) is 0 Å². The highest BCUT2D eigenvalue weighted by molar-refractivity contribution is 6.31. The predicted octanol–water partition coefficient (Wildman–Crippen LogP) is 3.23. The molecule has 1 N–H and O–H groups in total. The first-order chi connectivity index (χ1) is 8.99. The second-order valence-corrected chi connectivity index (χ2v) is 4.09. The van der Waals surface area contributed by atoms with Gasteiger partial charge in [0.05, 0.1) is 10.6 Å². The highest BCUT2D eigenvalue weighted by atomic mass is 35.5. The Labute approximate surface area is 112 Å². The molecule has 0 amide bonds. The minimum Gasteiger partial charge on any atom is -0.332 e. The van der Waals surface area contributed by atoms with E-state index in [4.69, 9.17) is 11.6 Å². The van der Waals surface area contributed by atoms with Gasteiger partial charge < -0.3 is 5.32 Å². The lowest BCUT2D eigenvalue weighted by molar-refractivity contribution is -0.384. The number of aromatic nitrogens is 2. The Kier molecular flexibility index (Phi) is 3.57. The molecule has 0 unspecified atom stereocenters. The van der Waals surface area contributed by atoms with E-state index in [1.54, 1.807) is 13.0 Å². The summed E-state index contributed by atoms with van der Waals surface area (Å²) in [5.74, 6) is -0.705. The van der Waals surface area contributed by atoms with Crippen LogP contribution in [-0.4, -0.2) is 14.9 Å². The van der Waals surface area contributed by atoms with Gasteiger partial charge in [0.25, 0.3) is 0 Å². The maximum Gasteiger partial charge on any atom is 0.348 e. The molecule has 1 aromatic carbocycles. The maximum atomic E-state index is 13.6. The molecule has 0 spiro atoms. The summed E-state index contributed by atoms with van der Waals surface area (Å²) in [6, 6.07) is 4.35. The van der Waals surface area contributed by atoms with Gasteiger partial charge in [0.1, 0.15) is 12.1 Å². The largest absolute Gasteiger partial charge is 0.348 e. The molecule has 1 aromatic heterocycles. The van der Waals surface area contributed by atoms with Crippen molar-refractivity contribution in [2.24, 2.45) is 0 Å². The first-order valence-electron chi connectivity index (χ1n) is 5.17. The van der Waals surface area contributed by atoms with E-state index in [-0.39, 0.29) is 16.7 Å². The summed E-state index contributed by atoms with van der Waals surface area (Å²) < 4.78 is 13.6. The van der Waals surface area contributed by atoms with Crippen LogP contribution < -0.4 is 5.32 Å². The summed E-state index contributed by atoms with van der Waals surface area (Å²) in [6.45, 7) is 1.77. The van der Waals surface area contributed by atoms with Crippen LogP contribution in [0.1, 0.15) is 5.56 Å². The van der Waals surface area contributed by atoms with Gasteiger partial charge in [0, 0.05) is 0 Å². The third-order valence-corrected chi connectivity index (χ3v) is 2.61. The molecule has 2 rings (SSSR count). The van der Waals surface area contributed by atoms with Crippen LogP contribution in [0.3, 0.4) is 0 Å². The summed E-state index contributed by atoms with van der Waals surface area (Å²) in [4.78, 5) is 17.4. The first kappa shape index (κ1) is 13.2. The van der Waals surface area contributed by atoms with Crippen LogP contribution in [0.25, 0.3) is 0 Å². The van der Waals surface area contributed by atoms with Gasteiger partial charge in [-0.1, -0.05) is 17.7 Å². The van der Waals surface area contributed by atoms with E-state index < -0.39 is 16.4 Å². The van der Waals surface area contributed by atoms with E-state index in [9.17, 15) is 14.5 Å². The Bertz CT molecular complexity index is 651. The maximum absolute atomic E-state index is 13.6. The Morgan fingerprint density at radius 1 is 1.42 bits per heavy atom. The van der Waals surface area contributed by atoms with Crippen molar-refractivity contribution in [1.82, 2.24) is 9.97 Å². The van der Waals surface area contributed by atoms with Crippen molar-refractivity contribution >= 4 is 28.8 Å². The number of rotatable bonds is 3. The SMILES string of the molecule is Cc1ccc(F)c(Nc2ncnc(Cl)c2[N+](=O)[O-])c1. The summed E-state index contributed by atoms with van der Waals surface area (Å²) in [5, 5.41) is 13.1.